The third-order valence-electron chi connectivity index (χ3n) is 5.57. The van der Waals surface area contributed by atoms with Crippen molar-refractivity contribution in [2.45, 2.75) is 13.0 Å². The average molecular weight is 456 g/mol. The topological polar surface area (TPSA) is 102 Å². The van der Waals surface area contributed by atoms with Gasteiger partial charge in [-0.05, 0) is 25.1 Å². The fourth-order valence-electron chi connectivity index (χ4n) is 3.72. The summed E-state index contributed by atoms with van der Waals surface area (Å²) in [5.41, 5.74) is 1.38. The minimum atomic E-state index is -0.554. The Morgan fingerprint density at radius 3 is 2.84 bits per heavy atom. The second kappa shape index (κ2) is 7.95. The van der Waals surface area contributed by atoms with Gasteiger partial charge >= 0.3 is 0 Å². The van der Waals surface area contributed by atoms with E-state index < -0.39 is 5.82 Å². The fourth-order valence-corrected chi connectivity index (χ4v) is 3.88. The molecule has 1 aliphatic heterocycles. The van der Waals surface area contributed by atoms with Gasteiger partial charge in [-0.25, -0.2) is 19.3 Å². The molecule has 1 atom stereocenters. The van der Waals surface area contributed by atoms with Gasteiger partial charge in [0.15, 0.2) is 5.52 Å². The lowest BCUT2D eigenvalue weighted by Gasteiger charge is -2.32. The average Bonchev–Trinajstić information content (AvgIpc) is 3.33. The van der Waals surface area contributed by atoms with Crippen LogP contribution in [0.5, 0.6) is 0 Å². The van der Waals surface area contributed by atoms with Crippen molar-refractivity contribution in [3.8, 4) is 11.3 Å². The Labute approximate surface area is 186 Å². The first-order valence-corrected chi connectivity index (χ1v) is 10.4. The van der Waals surface area contributed by atoms with Crippen LogP contribution < -0.4 is 10.5 Å². The third kappa shape index (κ3) is 3.51. The Kier molecular flexibility index (Phi) is 5.10. The van der Waals surface area contributed by atoms with E-state index in [0.29, 0.717) is 31.5 Å². The summed E-state index contributed by atoms with van der Waals surface area (Å²) in [5.74, 6) is 0.226. The Bertz CT molecular complexity index is 1370. The molecule has 11 heteroatoms. The Morgan fingerprint density at radius 2 is 2.09 bits per heavy atom. The van der Waals surface area contributed by atoms with Gasteiger partial charge in [-0.2, -0.15) is 5.10 Å². The zero-order valence-electron chi connectivity index (χ0n) is 17.3. The molecule has 3 aromatic heterocycles. The monoisotopic (exact) mass is 455 g/mol. The molecule has 164 valence electrons. The van der Waals surface area contributed by atoms with E-state index >= 15 is 0 Å². The smallest absolute Gasteiger partial charge is 0.279 e. The van der Waals surface area contributed by atoms with Crippen molar-refractivity contribution in [3.05, 3.63) is 63.2 Å². The lowest BCUT2D eigenvalue weighted by atomic mass is 10.1. The zero-order chi connectivity index (χ0) is 22.4. The fraction of sp³-hybridized carbons (Fsp3) is 0.286. The maximum atomic E-state index is 14.9. The summed E-state index contributed by atoms with van der Waals surface area (Å²) >= 11 is 5.94. The molecule has 4 heterocycles. The molecule has 5 rings (SSSR count). The molecule has 32 heavy (non-hydrogen) atoms. The number of nitrogens with one attached hydrogen (secondary N) is 1. The highest BCUT2D eigenvalue weighted by atomic mass is 35.5. The van der Waals surface area contributed by atoms with Crippen LogP contribution in [0.4, 0.5) is 10.3 Å². The van der Waals surface area contributed by atoms with Gasteiger partial charge in [0.05, 0.1) is 19.3 Å². The highest BCUT2D eigenvalue weighted by Gasteiger charge is 2.27. The molecule has 0 bridgehead atoms. The van der Waals surface area contributed by atoms with E-state index in [2.05, 4.69) is 25.1 Å². The van der Waals surface area contributed by atoms with Crippen molar-refractivity contribution in [2.75, 3.05) is 24.6 Å². The minimum absolute atomic E-state index is 0.124. The summed E-state index contributed by atoms with van der Waals surface area (Å²) in [5, 5.41) is 7.02. The van der Waals surface area contributed by atoms with Gasteiger partial charge in [0.1, 0.15) is 29.0 Å². The first-order chi connectivity index (χ1) is 15.4. The van der Waals surface area contributed by atoms with Gasteiger partial charge in [-0.15, -0.1) is 0 Å². The Balaban J connectivity index is 1.69. The predicted octanol–water partition coefficient (Wildman–Crippen LogP) is 2.79. The lowest BCUT2D eigenvalue weighted by Crippen LogP contribution is -2.39. The van der Waals surface area contributed by atoms with Gasteiger partial charge in [0, 0.05) is 35.9 Å². The molecule has 4 aromatic rings. The largest absolute Gasteiger partial charge is 0.370 e. The summed E-state index contributed by atoms with van der Waals surface area (Å²) in [6.45, 7) is 3.11. The van der Waals surface area contributed by atoms with Crippen LogP contribution >= 0.6 is 11.6 Å². The standard InChI is InChI=1S/C21H19ClFN7O2/c1-11-26-18-17(14-4-3-13(22)7-15(14)23)27-21(28-19(18)20(31)29(11)2)30-5-6-32-16(10-30)12-8-24-25-9-12/h3-4,7-9,16H,5-6,10H2,1-2H3,(H,24,25). The summed E-state index contributed by atoms with van der Waals surface area (Å²) in [4.78, 5) is 28.6. The normalized spacial score (nSPS) is 16.6. The SMILES string of the molecule is Cc1nc2c(-c3ccc(Cl)cc3F)nc(N3CCOC(c4cn[nH]c4)C3)nc2c(=O)n1C. The number of aromatic amines is 1. The molecule has 1 unspecified atom stereocenters. The van der Waals surface area contributed by atoms with Gasteiger partial charge in [-0.1, -0.05) is 11.6 Å². The molecule has 1 N–H and O–H groups in total. The van der Waals surface area contributed by atoms with Crippen LogP contribution in [0.2, 0.25) is 5.02 Å². The number of nitrogens with zero attached hydrogens (tertiary/aromatic N) is 6. The Morgan fingerprint density at radius 1 is 1.25 bits per heavy atom. The van der Waals surface area contributed by atoms with Crippen molar-refractivity contribution in [2.24, 2.45) is 7.05 Å². The van der Waals surface area contributed by atoms with Crippen molar-refractivity contribution in [3.63, 3.8) is 0 Å². The van der Waals surface area contributed by atoms with Crippen LogP contribution in [0.25, 0.3) is 22.3 Å². The van der Waals surface area contributed by atoms with E-state index in [9.17, 15) is 9.18 Å². The molecular formula is C21H19ClFN7O2. The number of ether oxygens (including phenoxy) is 1. The van der Waals surface area contributed by atoms with E-state index in [1.807, 2.05) is 4.90 Å². The molecular weight excluding hydrogens is 437 g/mol. The van der Waals surface area contributed by atoms with Crippen LogP contribution in [-0.4, -0.2) is 49.4 Å². The molecule has 0 aliphatic carbocycles. The number of morpholine rings is 1. The van der Waals surface area contributed by atoms with Crippen LogP contribution in [0.1, 0.15) is 17.5 Å². The van der Waals surface area contributed by atoms with E-state index in [4.69, 9.17) is 16.3 Å². The van der Waals surface area contributed by atoms with E-state index in [-0.39, 0.29) is 39.0 Å². The van der Waals surface area contributed by atoms with E-state index in [1.165, 1.54) is 16.7 Å². The van der Waals surface area contributed by atoms with Gasteiger partial charge in [0.25, 0.3) is 5.56 Å². The predicted molar refractivity (Wildman–Crippen MR) is 117 cm³/mol. The number of aryl methyl sites for hydroxylation is 1. The number of H-pyrrole nitrogens is 1. The number of hydrogen-bond acceptors (Lipinski definition) is 7. The minimum Gasteiger partial charge on any atom is -0.370 e. The van der Waals surface area contributed by atoms with Crippen LogP contribution in [0.3, 0.4) is 0 Å². The number of anilines is 1. The van der Waals surface area contributed by atoms with Gasteiger partial charge < -0.3 is 9.64 Å². The van der Waals surface area contributed by atoms with E-state index in [0.717, 1.165) is 5.56 Å². The third-order valence-corrected chi connectivity index (χ3v) is 5.80. The van der Waals surface area contributed by atoms with Crippen LogP contribution in [-0.2, 0) is 11.8 Å². The molecule has 0 amide bonds. The van der Waals surface area contributed by atoms with Crippen LogP contribution in [0.15, 0.2) is 35.4 Å². The summed E-state index contributed by atoms with van der Waals surface area (Å²) in [6.07, 6.45) is 3.23. The number of halogens is 2. The van der Waals surface area contributed by atoms with Crippen molar-refractivity contribution in [1.29, 1.82) is 0 Å². The zero-order valence-corrected chi connectivity index (χ0v) is 18.1. The lowest BCUT2D eigenvalue weighted by molar-refractivity contribution is 0.0393. The van der Waals surface area contributed by atoms with E-state index in [1.54, 1.807) is 32.4 Å². The second-order valence-electron chi connectivity index (χ2n) is 7.55. The van der Waals surface area contributed by atoms with Crippen molar-refractivity contribution in [1.82, 2.24) is 29.7 Å². The molecule has 0 radical (unpaired) electrons. The highest BCUT2D eigenvalue weighted by Crippen LogP contribution is 2.31. The van der Waals surface area contributed by atoms with Gasteiger partial charge in [-0.3, -0.25) is 14.5 Å². The maximum absolute atomic E-state index is 14.9. The number of benzene rings is 1. The number of rotatable bonds is 3. The molecule has 0 spiro atoms. The molecule has 1 aliphatic rings. The second-order valence-corrected chi connectivity index (χ2v) is 7.99. The first kappa shape index (κ1) is 20.5. The number of fused-ring (bicyclic) bond motifs is 1. The summed E-state index contributed by atoms with van der Waals surface area (Å²) in [6, 6.07) is 4.32. The highest BCUT2D eigenvalue weighted by molar-refractivity contribution is 6.30. The number of hydrogen-bond donors (Lipinski definition) is 1. The van der Waals surface area contributed by atoms with Gasteiger partial charge in [0.2, 0.25) is 5.95 Å². The number of aromatic nitrogens is 6. The summed E-state index contributed by atoms with van der Waals surface area (Å²) in [7, 11) is 1.62. The molecule has 1 saturated heterocycles. The molecule has 1 aromatic carbocycles. The Hall–Kier alpha value is -3.37. The molecule has 1 fully saturated rings. The maximum Gasteiger partial charge on any atom is 0.279 e. The molecule has 9 nitrogen and oxygen atoms in total. The molecule has 0 saturated carbocycles. The van der Waals surface area contributed by atoms with Crippen molar-refractivity contribution >= 4 is 28.6 Å². The van der Waals surface area contributed by atoms with Crippen molar-refractivity contribution < 1.29 is 9.13 Å². The van der Waals surface area contributed by atoms with Crippen LogP contribution in [0, 0.1) is 12.7 Å². The first-order valence-electron chi connectivity index (χ1n) is 9.98. The summed E-state index contributed by atoms with van der Waals surface area (Å²) < 4.78 is 22.1. The quantitative estimate of drug-likeness (QED) is 0.506.